The molecule has 0 aliphatic heterocycles. The molecule has 1 saturated carbocycles. The maximum absolute atomic E-state index is 12.5. The molecule has 0 heterocycles. The Kier molecular flexibility index (Phi) is 5.63. The highest BCUT2D eigenvalue weighted by atomic mass is 16.4. The van der Waals surface area contributed by atoms with Crippen molar-refractivity contribution in [3.05, 3.63) is 0 Å². The summed E-state index contributed by atoms with van der Waals surface area (Å²) in [6.45, 7) is 9.12. The van der Waals surface area contributed by atoms with Gasteiger partial charge in [-0.1, -0.05) is 27.7 Å². The molecule has 19 heavy (non-hydrogen) atoms. The Morgan fingerprint density at radius 1 is 1.11 bits per heavy atom. The summed E-state index contributed by atoms with van der Waals surface area (Å²) in [4.78, 5) is 26.8. The van der Waals surface area contributed by atoms with E-state index < -0.39 is 5.97 Å². The van der Waals surface area contributed by atoms with Gasteiger partial charge in [-0.05, 0) is 24.7 Å². The Bertz CT molecular complexity index is 325. The fourth-order valence-electron chi connectivity index (χ4n) is 2.16. The van der Waals surface area contributed by atoms with Gasteiger partial charge in [0, 0.05) is 19.1 Å². The van der Waals surface area contributed by atoms with Crippen molar-refractivity contribution in [2.24, 2.45) is 11.8 Å². The van der Waals surface area contributed by atoms with Crippen LogP contribution in [0.15, 0.2) is 0 Å². The first kappa shape index (κ1) is 15.8. The third-order valence-corrected chi connectivity index (χ3v) is 2.98. The molecule has 0 saturated heterocycles. The van der Waals surface area contributed by atoms with E-state index in [0.717, 1.165) is 12.8 Å². The number of carboxylic acids is 1. The first-order valence-electron chi connectivity index (χ1n) is 7.08. The van der Waals surface area contributed by atoms with Crippen LogP contribution in [0.5, 0.6) is 0 Å². The van der Waals surface area contributed by atoms with E-state index in [-0.39, 0.29) is 18.5 Å². The minimum Gasteiger partial charge on any atom is -0.480 e. The fourth-order valence-corrected chi connectivity index (χ4v) is 2.16. The molecule has 110 valence electrons. The van der Waals surface area contributed by atoms with E-state index in [1.54, 1.807) is 0 Å². The van der Waals surface area contributed by atoms with E-state index in [9.17, 15) is 9.59 Å². The van der Waals surface area contributed by atoms with Gasteiger partial charge < -0.3 is 14.9 Å². The van der Waals surface area contributed by atoms with E-state index >= 15 is 0 Å². The molecule has 1 N–H and O–H groups in total. The van der Waals surface area contributed by atoms with Gasteiger partial charge in [0.2, 0.25) is 0 Å². The summed E-state index contributed by atoms with van der Waals surface area (Å²) in [5.41, 5.74) is 0. The first-order chi connectivity index (χ1) is 8.81. The molecule has 5 nitrogen and oxygen atoms in total. The van der Waals surface area contributed by atoms with Crippen LogP contribution in [0.25, 0.3) is 0 Å². The molecule has 1 aliphatic carbocycles. The number of carbonyl (C=O) groups is 2. The SMILES string of the molecule is CC(C)CN(CC(=O)O)C(=O)N(CC(C)C)C1CC1. The van der Waals surface area contributed by atoms with E-state index in [2.05, 4.69) is 13.8 Å². The van der Waals surface area contributed by atoms with Gasteiger partial charge in [0.1, 0.15) is 6.54 Å². The highest BCUT2D eigenvalue weighted by Gasteiger charge is 2.35. The summed E-state index contributed by atoms with van der Waals surface area (Å²) < 4.78 is 0. The fraction of sp³-hybridized carbons (Fsp3) is 0.857. The second-order valence-electron chi connectivity index (χ2n) is 6.23. The molecule has 1 aliphatic rings. The molecule has 0 aromatic rings. The lowest BCUT2D eigenvalue weighted by molar-refractivity contribution is -0.137. The average Bonchev–Trinajstić information content (AvgIpc) is 3.06. The van der Waals surface area contributed by atoms with E-state index in [1.165, 1.54) is 4.90 Å². The third-order valence-electron chi connectivity index (χ3n) is 2.98. The Morgan fingerprint density at radius 2 is 1.63 bits per heavy atom. The number of hydrogen-bond donors (Lipinski definition) is 1. The number of nitrogens with zero attached hydrogens (tertiary/aromatic N) is 2. The van der Waals surface area contributed by atoms with Crippen molar-refractivity contribution in [2.75, 3.05) is 19.6 Å². The Hall–Kier alpha value is -1.26. The van der Waals surface area contributed by atoms with Crippen molar-refractivity contribution in [2.45, 2.75) is 46.6 Å². The van der Waals surface area contributed by atoms with Crippen LogP contribution in [0.4, 0.5) is 4.79 Å². The molecule has 5 heteroatoms. The van der Waals surface area contributed by atoms with Gasteiger partial charge in [0.25, 0.3) is 0 Å². The molecular weight excluding hydrogens is 244 g/mol. The predicted octanol–water partition coefficient (Wildman–Crippen LogP) is 2.27. The van der Waals surface area contributed by atoms with Crippen LogP contribution in [0.1, 0.15) is 40.5 Å². The summed E-state index contributed by atoms with van der Waals surface area (Å²) in [5, 5.41) is 8.95. The smallest absolute Gasteiger partial charge is 0.323 e. The highest BCUT2D eigenvalue weighted by Crippen LogP contribution is 2.28. The number of amides is 2. The second kappa shape index (κ2) is 6.78. The molecule has 2 amide bonds. The van der Waals surface area contributed by atoms with Gasteiger partial charge in [0.05, 0.1) is 0 Å². The number of urea groups is 1. The van der Waals surface area contributed by atoms with Crippen LogP contribution in [-0.4, -0.2) is 52.6 Å². The van der Waals surface area contributed by atoms with Crippen molar-refractivity contribution in [3.63, 3.8) is 0 Å². The predicted molar refractivity (Wildman–Crippen MR) is 74.0 cm³/mol. The number of rotatable bonds is 7. The van der Waals surface area contributed by atoms with Crippen LogP contribution >= 0.6 is 0 Å². The van der Waals surface area contributed by atoms with Crippen LogP contribution in [0.3, 0.4) is 0 Å². The van der Waals surface area contributed by atoms with Crippen molar-refractivity contribution < 1.29 is 14.7 Å². The zero-order chi connectivity index (χ0) is 14.6. The van der Waals surface area contributed by atoms with Crippen molar-refractivity contribution in [1.29, 1.82) is 0 Å². The molecule has 0 radical (unpaired) electrons. The van der Waals surface area contributed by atoms with E-state index in [4.69, 9.17) is 5.11 Å². The molecule has 0 aromatic carbocycles. The van der Waals surface area contributed by atoms with Crippen LogP contribution in [0, 0.1) is 11.8 Å². The summed E-state index contributed by atoms with van der Waals surface area (Å²) >= 11 is 0. The molecule has 0 aromatic heterocycles. The molecule has 0 spiro atoms. The minimum absolute atomic E-state index is 0.118. The maximum Gasteiger partial charge on any atom is 0.323 e. The standard InChI is InChI=1S/C14H26N2O3/c1-10(2)7-15(9-13(17)18)14(19)16(8-11(3)4)12-5-6-12/h10-12H,5-9H2,1-4H3,(H,17,18). The van der Waals surface area contributed by atoms with Gasteiger partial charge in [-0.15, -0.1) is 0 Å². The quantitative estimate of drug-likeness (QED) is 0.772. The Morgan fingerprint density at radius 3 is 2.00 bits per heavy atom. The van der Waals surface area contributed by atoms with Gasteiger partial charge in [-0.2, -0.15) is 0 Å². The number of carbonyl (C=O) groups excluding carboxylic acids is 1. The largest absolute Gasteiger partial charge is 0.480 e. The average molecular weight is 270 g/mol. The molecule has 0 atom stereocenters. The maximum atomic E-state index is 12.5. The van der Waals surface area contributed by atoms with Gasteiger partial charge >= 0.3 is 12.0 Å². The number of aliphatic carboxylic acids is 1. The Labute approximate surface area is 115 Å². The number of carboxylic acid groups (broad SMARTS) is 1. The van der Waals surface area contributed by atoms with Gasteiger partial charge in [-0.3, -0.25) is 4.79 Å². The van der Waals surface area contributed by atoms with E-state index in [0.29, 0.717) is 25.0 Å². The second-order valence-corrected chi connectivity index (χ2v) is 6.23. The van der Waals surface area contributed by atoms with Crippen LogP contribution in [0.2, 0.25) is 0 Å². The summed E-state index contributed by atoms with van der Waals surface area (Å²) in [7, 11) is 0. The highest BCUT2D eigenvalue weighted by molar-refractivity contribution is 5.80. The Balaban J connectivity index is 2.73. The van der Waals surface area contributed by atoms with Gasteiger partial charge in [-0.25, -0.2) is 4.79 Å². The van der Waals surface area contributed by atoms with E-state index in [1.807, 2.05) is 18.7 Å². The molecule has 1 fully saturated rings. The lowest BCUT2D eigenvalue weighted by atomic mass is 10.2. The van der Waals surface area contributed by atoms with Crippen molar-refractivity contribution in [3.8, 4) is 0 Å². The van der Waals surface area contributed by atoms with Crippen molar-refractivity contribution >= 4 is 12.0 Å². The zero-order valence-electron chi connectivity index (χ0n) is 12.4. The summed E-state index contributed by atoms with van der Waals surface area (Å²) in [6, 6.07) is 0.200. The monoisotopic (exact) mass is 270 g/mol. The zero-order valence-corrected chi connectivity index (χ0v) is 12.4. The molecule has 0 bridgehead atoms. The summed E-state index contributed by atoms with van der Waals surface area (Å²) in [6.07, 6.45) is 2.09. The minimum atomic E-state index is -0.950. The lowest BCUT2D eigenvalue weighted by Gasteiger charge is -2.32. The normalized spacial score (nSPS) is 14.8. The molecule has 1 rings (SSSR count). The lowest BCUT2D eigenvalue weighted by Crippen LogP contribution is -2.48. The molecule has 0 unspecified atom stereocenters. The first-order valence-corrected chi connectivity index (χ1v) is 7.08. The topological polar surface area (TPSA) is 60.9 Å². The van der Waals surface area contributed by atoms with Crippen molar-refractivity contribution in [1.82, 2.24) is 9.80 Å². The third kappa shape index (κ3) is 5.49. The molecular formula is C14H26N2O3. The summed E-state index contributed by atoms with van der Waals surface area (Å²) in [5.74, 6) is -0.284. The van der Waals surface area contributed by atoms with Gasteiger partial charge in [0.15, 0.2) is 0 Å². The number of hydrogen-bond acceptors (Lipinski definition) is 2. The van der Waals surface area contributed by atoms with Crippen LogP contribution in [-0.2, 0) is 4.79 Å². The van der Waals surface area contributed by atoms with Crippen LogP contribution < -0.4 is 0 Å².